The molecule has 0 aliphatic carbocycles. The van der Waals surface area contributed by atoms with Gasteiger partial charge >= 0.3 is 0 Å². The van der Waals surface area contributed by atoms with Crippen LogP contribution >= 0.6 is 11.6 Å². The predicted octanol–water partition coefficient (Wildman–Crippen LogP) is 3.02. The Bertz CT molecular complexity index is 877. The normalized spacial score (nSPS) is 16.4. The molecule has 1 fully saturated rings. The molecule has 1 saturated heterocycles. The van der Waals surface area contributed by atoms with E-state index in [4.69, 9.17) is 21.1 Å². The van der Waals surface area contributed by atoms with Gasteiger partial charge in [0.15, 0.2) is 11.5 Å². The molecule has 2 aromatic rings. The van der Waals surface area contributed by atoms with E-state index < -0.39 is 0 Å². The summed E-state index contributed by atoms with van der Waals surface area (Å²) >= 11 is 5.96. The van der Waals surface area contributed by atoms with Gasteiger partial charge in [-0.2, -0.15) is 0 Å². The average Bonchev–Trinajstić information content (AvgIpc) is 3.21. The lowest BCUT2D eigenvalue weighted by Crippen LogP contribution is -2.48. The Morgan fingerprint density at radius 1 is 1.03 bits per heavy atom. The molecule has 0 saturated carbocycles. The minimum atomic E-state index is -0.0949. The van der Waals surface area contributed by atoms with Crippen molar-refractivity contribution >= 4 is 29.3 Å². The number of halogens is 1. The van der Waals surface area contributed by atoms with Crippen molar-refractivity contribution in [2.24, 2.45) is 0 Å². The lowest BCUT2D eigenvalue weighted by Gasteiger charge is -2.36. The summed E-state index contributed by atoms with van der Waals surface area (Å²) in [5.41, 5.74) is 2.11. The van der Waals surface area contributed by atoms with Crippen LogP contribution in [0.1, 0.15) is 5.56 Å². The molecule has 0 atom stereocenters. The number of rotatable bonds is 6. The summed E-state index contributed by atoms with van der Waals surface area (Å²) < 4.78 is 10.6. The summed E-state index contributed by atoms with van der Waals surface area (Å²) in [7, 11) is 0. The fourth-order valence-electron chi connectivity index (χ4n) is 3.47. The molecule has 0 spiro atoms. The van der Waals surface area contributed by atoms with Crippen LogP contribution < -0.4 is 19.7 Å². The SMILES string of the molecule is O=C(/C=C/c1ccc2c(c1)OCO2)NCCN1CCN(c2ccc(Cl)cc2)CC1. The molecule has 6 nitrogen and oxygen atoms in total. The summed E-state index contributed by atoms with van der Waals surface area (Å²) in [5.74, 6) is 1.36. The highest BCUT2D eigenvalue weighted by atomic mass is 35.5. The first-order valence-electron chi connectivity index (χ1n) is 9.76. The molecule has 29 heavy (non-hydrogen) atoms. The average molecular weight is 414 g/mol. The minimum Gasteiger partial charge on any atom is -0.454 e. The van der Waals surface area contributed by atoms with Gasteiger partial charge in [0.25, 0.3) is 0 Å². The number of carbonyl (C=O) groups excluding carboxylic acids is 1. The van der Waals surface area contributed by atoms with E-state index in [1.165, 1.54) is 5.69 Å². The van der Waals surface area contributed by atoms with Crippen LogP contribution in [-0.4, -0.2) is 56.9 Å². The van der Waals surface area contributed by atoms with Crippen molar-refractivity contribution in [2.75, 3.05) is 51.0 Å². The number of hydrogen-bond acceptors (Lipinski definition) is 5. The lowest BCUT2D eigenvalue weighted by molar-refractivity contribution is -0.116. The topological polar surface area (TPSA) is 54.0 Å². The molecule has 0 aromatic heterocycles. The van der Waals surface area contributed by atoms with Crippen molar-refractivity contribution in [3.8, 4) is 11.5 Å². The number of ether oxygens (including phenoxy) is 2. The van der Waals surface area contributed by atoms with Crippen LogP contribution in [0.15, 0.2) is 48.5 Å². The third kappa shape index (κ3) is 5.22. The summed E-state index contributed by atoms with van der Waals surface area (Å²) in [6, 6.07) is 13.6. The van der Waals surface area contributed by atoms with Crippen molar-refractivity contribution in [1.82, 2.24) is 10.2 Å². The van der Waals surface area contributed by atoms with Gasteiger partial charge in [-0.25, -0.2) is 0 Å². The van der Waals surface area contributed by atoms with Crippen LogP contribution in [0.5, 0.6) is 11.5 Å². The standard InChI is InChI=1S/C22H24ClN3O3/c23-18-3-5-19(6-4-18)26-13-11-25(12-14-26)10-9-24-22(27)8-2-17-1-7-20-21(15-17)29-16-28-20/h1-8,15H,9-14,16H2,(H,24,27)/b8-2+. The number of fused-ring (bicyclic) bond motifs is 1. The number of nitrogens with one attached hydrogen (secondary N) is 1. The van der Waals surface area contributed by atoms with E-state index in [0.717, 1.165) is 49.1 Å². The Labute approximate surface area is 175 Å². The van der Waals surface area contributed by atoms with E-state index >= 15 is 0 Å². The van der Waals surface area contributed by atoms with E-state index in [1.54, 1.807) is 12.2 Å². The van der Waals surface area contributed by atoms with Crippen LogP contribution in [0.4, 0.5) is 5.69 Å². The first kappa shape index (κ1) is 19.6. The van der Waals surface area contributed by atoms with Crippen LogP contribution in [0.2, 0.25) is 5.02 Å². The smallest absolute Gasteiger partial charge is 0.244 e. The van der Waals surface area contributed by atoms with Crippen LogP contribution in [0, 0.1) is 0 Å². The molecule has 152 valence electrons. The zero-order valence-electron chi connectivity index (χ0n) is 16.1. The van der Waals surface area contributed by atoms with Crippen LogP contribution in [0.3, 0.4) is 0 Å². The Morgan fingerprint density at radius 2 is 1.79 bits per heavy atom. The molecular weight excluding hydrogens is 390 g/mol. The summed E-state index contributed by atoms with van der Waals surface area (Å²) in [5, 5.41) is 3.71. The number of amides is 1. The molecule has 2 aliphatic heterocycles. The number of anilines is 1. The van der Waals surface area contributed by atoms with E-state index in [2.05, 4.69) is 27.2 Å². The molecule has 0 unspecified atom stereocenters. The molecule has 1 N–H and O–H groups in total. The quantitative estimate of drug-likeness (QED) is 0.738. The van der Waals surface area contributed by atoms with E-state index in [9.17, 15) is 4.79 Å². The van der Waals surface area contributed by atoms with Crippen molar-refractivity contribution in [2.45, 2.75) is 0 Å². The molecule has 4 rings (SSSR count). The molecule has 0 radical (unpaired) electrons. The first-order chi connectivity index (χ1) is 14.2. The van der Waals surface area contributed by atoms with E-state index in [-0.39, 0.29) is 12.7 Å². The highest BCUT2D eigenvalue weighted by Gasteiger charge is 2.17. The van der Waals surface area contributed by atoms with Gasteiger partial charge in [-0.1, -0.05) is 17.7 Å². The minimum absolute atomic E-state index is 0.0949. The number of hydrogen-bond donors (Lipinski definition) is 1. The van der Waals surface area contributed by atoms with Crippen molar-refractivity contribution in [3.05, 3.63) is 59.1 Å². The summed E-state index contributed by atoms with van der Waals surface area (Å²) in [4.78, 5) is 16.8. The van der Waals surface area contributed by atoms with Crippen molar-refractivity contribution in [1.29, 1.82) is 0 Å². The second-order valence-electron chi connectivity index (χ2n) is 7.04. The van der Waals surface area contributed by atoms with Gasteiger partial charge in [-0.05, 0) is 48.0 Å². The van der Waals surface area contributed by atoms with E-state index in [1.807, 2.05) is 30.3 Å². The van der Waals surface area contributed by atoms with Gasteiger partial charge in [-0.3, -0.25) is 9.69 Å². The second-order valence-corrected chi connectivity index (χ2v) is 7.48. The third-order valence-corrected chi connectivity index (χ3v) is 5.37. The lowest BCUT2D eigenvalue weighted by atomic mass is 10.2. The number of benzene rings is 2. The fourth-order valence-corrected chi connectivity index (χ4v) is 3.59. The Morgan fingerprint density at radius 3 is 2.59 bits per heavy atom. The Kier molecular flexibility index (Phi) is 6.22. The molecular formula is C22H24ClN3O3. The van der Waals surface area contributed by atoms with E-state index in [0.29, 0.717) is 12.3 Å². The Balaban J connectivity index is 1.17. The molecule has 2 aromatic carbocycles. The number of piperazine rings is 1. The Hall–Kier alpha value is -2.70. The maximum absolute atomic E-state index is 12.1. The maximum Gasteiger partial charge on any atom is 0.244 e. The zero-order valence-corrected chi connectivity index (χ0v) is 16.9. The molecule has 2 aliphatic rings. The van der Waals surface area contributed by atoms with Crippen LogP contribution in [0.25, 0.3) is 6.08 Å². The first-order valence-corrected chi connectivity index (χ1v) is 10.1. The van der Waals surface area contributed by atoms with Gasteiger partial charge in [0.2, 0.25) is 12.7 Å². The molecule has 0 bridgehead atoms. The van der Waals surface area contributed by atoms with Crippen molar-refractivity contribution < 1.29 is 14.3 Å². The fraction of sp³-hybridized carbons (Fsp3) is 0.318. The number of carbonyl (C=O) groups is 1. The molecule has 7 heteroatoms. The highest BCUT2D eigenvalue weighted by molar-refractivity contribution is 6.30. The van der Waals surface area contributed by atoms with Gasteiger partial charge in [0.1, 0.15) is 0 Å². The predicted molar refractivity (Wildman–Crippen MR) is 115 cm³/mol. The largest absolute Gasteiger partial charge is 0.454 e. The maximum atomic E-state index is 12.1. The zero-order chi connectivity index (χ0) is 20.1. The summed E-state index contributed by atoms with van der Waals surface area (Å²) in [6.45, 7) is 5.62. The van der Waals surface area contributed by atoms with Gasteiger partial charge in [-0.15, -0.1) is 0 Å². The van der Waals surface area contributed by atoms with Gasteiger partial charge < -0.3 is 19.7 Å². The van der Waals surface area contributed by atoms with Crippen molar-refractivity contribution in [3.63, 3.8) is 0 Å². The third-order valence-electron chi connectivity index (χ3n) is 5.12. The van der Waals surface area contributed by atoms with Gasteiger partial charge in [0.05, 0.1) is 0 Å². The second kappa shape index (κ2) is 9.20. The van der Waals surface area contributed by atoms with Gasteiger partial charge in [0, 0.05) is 56.1 Å². The molecule has 2 heterocycles. The van der Waals surface area contributed by atoms with Crippen LogP contribution in [-0.2, 0) is 4.79 Å². The molecule has 1 amide bonds. The highest BCUT2D eigenvalue weighted by Crippen LogP contribution is 2.32. The monoisotopic (exact) mass is 413 g/mol. The summed E-state index contributed by atoms with van der Waals surface area (Å²) in [6.07, 6.45) is 3.33. The number of nitrogens with zero attached hydrogens (tertiary/aromatic N) is 2.